The maximum absolute atomic E-state index is 12.0. The largest absolute Gasteiger partial charge is 1.00 e. The fourth-order valence-corrected chi connectivity index (χ4v) is 1.48. The molecule has 2 nitrogen and oxygen atoms in total. The summed E-state index contributed by atoms with van der Waals surface area (Å²) in [5.74, 6) is 0. The Kier molecular flexibility index (Phi) is 6.85. The molecule has 0 fully saturated rings. The number of pyridine rings is 1. The van der Waals surface area contributed by atoms with Gasteiger partial charge >= 0.3 is 58.4 Å². The zero-order valence-electron chi connectivity index (χ0n) is 8.41. The average Bonchev–Trinajstić information content (AvgIpc) is 2.01. The second-order valence-corrected chi connectivity index (χ2v) is 4.16. The summed E-state index contributed by atoms with van der Waals surface area (Å²) in [6, 6.07) is 4.16. The molecule has 0 radical (unpaired) electrons. The third-order valence-corrected chi connectivity index (χ3v) is 2.33. The van der Waals surface area contributed by atoms with Crippen LogP contribution in [0.4, 0.5) is 12.9 Å². The van der Waals surface area contributed by atoms with E-state index in [0.29, 0.717) is 0 Å². The van der Waals surface area contributed by atoms with Gasteiger partial charge in [-0.05, 0) is 18.5 Å². The van der Waals surface area contributed by atoms with Gasteiger partial charge in [-0.15, -0.1) is 0 Å². The fraction of sp³-hybridized carbons (Fsp3) is 0.286. The molecule has 1 rings (SSSR count). The van der Waals surface area contributed by atoms with Crippen LogP contribution in [0.25, 0.3) is 0 Å². The van der Waals surface area contributed by atoms with Crippen molar-refractivity contribution in [3.8, 4) is 0 Å². The molecule has 1 heterocycles. The smallest absolute Gasteiger partial charge is 0.449 e. The molecule has 1 atom stereocenters. The minimum atomic E-state index is -4.88. The van der Waals surface area contributed by atoms with Crippen LogP contribution in [0.2, 0.25) is 0 Å². The summed E-state index contributed by atoms with van der Waals surface area (Å²) in [5, 5.41) is 0.183. The molecule has 1 aromatic rings. The van der Waals surface area contributed by atoms with Crippen LogP contribution in [0.1, 0.15) is 5.69 Å². The minimum absolute atomic E-state index is 0. The standard InChI is InChI=1S/C7H8BF3NOS.K/c1-14(13)7-4-2-3-6(12-7)5-8(9,10)11;/h2-4H,5H2,1H3;/q-1;+1. The Hall–Kier alpha value is 0.791. The number of hydrogen-bond donors (Lipinski definition) is 0. The molecule has 78 valence electrons. The summed E-state index contributed by atoms with van der Waals surface area (Å²) in [4.78, 5) is 3.65. The predicted octanol–water partition coefficient (Wildman–Crippen LogP) is -1.25. The monoisotopic (exact) mass is 261 g/mol. The van der Waals surface area contributed by atoms with Gasteiger partial charge in [0, 0.05) is 11.9 Å². The third kappa shape index (κ3) is 6.18. The molecule has 15 heavy (non-hydrogen) atoms. The van der Waals surface area contributed by atoms with Crippen LogP contribution in [0.3, 0.4) is 0 Å². The van der Waals surface area contributed by atoms with E-state index in [1.54, 1.807) is 0 Å². The van der Waals surface area contributed by atoms with Crippen molar-refractivity contribution < 1.29 is 68.5 Å². The van der Waals surface area contributed by atoms with E-state index in [-0.39, 0.29) is 62.1 Å². The van der Waals surface area contributed by atoms with Gasteiger partial charge in [-0.25, -0.2) is 4.98 Å². The molecule has 0 amide bonds. The van der Waals surface area contributed by atoms with Crippen LogP contribution in [0.15, 0.2) is 23.2 Å². The third-order valence-electron chi connectivity index (χ3n) is 1.52. The van der Waals surface area contributed by atoms with Crippen molar-refractivity contribution in [2.75, 3.05) is 6.26 Å². The Labute approximate surface area is 131 Å². The minimum Gasteiger partial charge on any atom is -0.449 e. The molecule has 0 N–H and O–H groups in total. The van der Waals surface area contributed by atoms with Gasteiger partial charge in [0.25, 0.3) is 0 Å². The van der Waals surface area contributed by atoms with Gasteiger partial charge in [-0.3, -0.25) is 4.21 Å². The summed E-state index contributed by atoms with van der Waals surface area (Å²) < 4.78 is 47.0. The Morgan fingerprint density at radius 2 is 2.00 bits per heavy atom. The molecule has 0 aliphatic carbocycles. The normalized spacial score (nSPS) is 13.1. The van der Waals surface area contributed by atoms with Crippen LogP contribution >= 0.6 is 0 Å². The molecule has 0 spiro atoms. The average molecular weight is 261 g/mol. The summed E-state index contributed by atoms with van der Waals surface area (Å²) in [6.45, 7) is -4.88. The summed E-state index contributed by atoms with van der Waals surface area (Å²) in [5.41, 5.74) is -0.0785. The van der Waals surface area contributed by atoms with Crippen molar-refractivity contribution in [2.45, 2.75) is 11.3 Å². The molecule has 0 bridgehead atoms. The maximum atomic E-state index is 12.0. The van der Waals surface area contributed by atoms with Gasteiger partial charge in [-0.2, -0.15) is 0 Å². The van der Waals surface area contributed by atoms with E-state index in [2.05, 4.69) is 4.98 Å². The Bertz CT molecular complexity index is 360. The first-order chi connectivity index (χ1) is 6.38. The first kappa shape index (κ1) is 15.8. The van der Waals surface area contributed by atoms with Crippen molar-refractivity contribution >= 4 is 17.8 Å². The Balaban J connectivity index is 0.00000196. The molecule has 0 aromatic carbocycles. The van der Waals surface area contributed by atoms with Crippen molar-refractivity contribution in [1.29, 1.82) is 0 Å². The van der Waals surface area contributed by atoms with Crippen LogP contribution < -0.4 is 51.4 Å². The maximum Gasteiger partial charge on any atom is 1.00 e. The molecule has 1 aromatic heterocycles. The van der Waals surface area contributed by atoms with E-state index in [1.165, 1.54) is 24.5 Å². The zero-order valence-corrected chi connectivity index (χ0v) is 12.4. The van der Waals surface area contributed by atoms with Crippen LogP contribution in [0.5, 0.6) is 0 Å². The molecular formula is C7H8BF3KNOS. The van der Waals surface area contributed by atoms with Crippen molar-refractivity contribution in [2.24, 2.45) is 0 Å². The quantitative estimate of drug-likeness (QED) is 0.637. The van der Waals surface area contributed by atoms with E-state index in [4.69, 9.17) is 0 Å². The summed E-state index contributed by atoms with van der Waals surface area (Å²) in [6.07, 6.45) is 0.357. The van der Waals surface area contributed by atoms with Crippen molar-refractivity contribution in [3.05, 3.63) is 23.9 Å². The van der Waals surface area contributed by atoms with E-state index in [9.17, 15) is 17.2 Å². The van der Waals surface area contributed by atoms with Gasteiger partial charge in [-0.1, -0.05) is 6.07 Å². The molecule has 8 heteroatoms. The van der Waals surface area contributed by atoms with Gasteiger partial charge in [0.15, 0.2) is 0 Å². The number of aromatic nitrogens is 1. The van der Waals surface area contributed by atoms with E-state index in [1.807, 2.05) is 0 Å². The summed E-state index contributed by atoms with van der Waals surface area (Å²) in [7, 11) is -1.34. The summed E-state index contributed by atoms with van der Waals surface area (Å²) >= 11 is 0. The molecule has 0 aliphatic heterocycles. The van der Waals surface area contributed by atoms with Gasteiger partial charge in [0.2, 0.25) is 0 Å². The predicted molar refractivity (Wildman–Crippen MR) is 49.4 cm³/mol. The first-order valence-corrected chi connectivity index (χ1v) is 5.44. The molecule has 0 aliphatic rings. The van der Waals surface area contributed by atoms with E-state index in [0.717, 1.165) is 0 Å². The Morgan fingerprint density at radius 1 is 1.40 bits per heavy atom. The number of rotatable bonds is 3. The van der Waals surface area contributed by atoms with Crippen LogP contribution in [-0.4, -0.2) is 22.4 Å². The SMILES string of the molecule is CS(=O)c1cccc(C[B-](F)(F)F)n1.[K+]. The first-order valence-electron chi connectivity index (χ1n) is 3.89. The Morgan fingerprint density at radius 3 is 2.47 bits per heavy atom. The van der Waals surface area contributed by atoms with Gasteiger partial charge in [0.1, 0.15) is 5.03 Å². The molecular weight excluding hydrogens is 253 g/mol. The molecule has 0 saturated carbocycles. The fourth-order valence-electron chi connectivity index (χ4n) is 0.969. The van der Waals surface area contributed by atoms with E-state index < -0.39 is 24.1 Å². The van der Waals surface area contributed by atoms with Crippen molar-refractivity contribution in [1.82, 2.24) is 4.98 Å². The van der Waals surface area contributed by atoms with Gasteiger partial charge in [0.05, 0.1) is 10.8 Å². The van der Waals surface area contributed by atoms with Gasteiger partial charge < -0.3 is 12.9 Å². The number of halogens is 3. The number of hydrogen-bond acceptors (Lipinski definition) is 2. The van der Waals surface area contributed by atoms with E-state index >= 15 is 0 Å². The zero-order chi connectivity index (χ0) is 10.8. The molecule has 0 saturated heterocycles. The second-order valence-electron chi connectivity index (χ2n) is 2.84. The topological polar surface area (TPSA) is 30.0 Å². The second kappa shape index (κ2) is 6.51. The number of nitrogens with zero attached hydrogens (tertiary/aromatic N) is 1. The van der Waals surface area contributed by atoms with Crippen LogP contribution in [0, 0.1) is 0 Å². The molecule has 1 unspecified atom stereocenters. The van der Waals surface area contributed by atoms with Crippen molar-refractivity contribution in [3.63, 3.8) is 0 Å². The van der Waals surface area contributed by atoms with Crippen LogP contribution in [-0.2, 0) is 17.1 Å².